The second kappa shape index (κ2) is 6.45. The summed E-state index contributed by atoms with van der Waals surface area (Å²) < 4.78 is 6.25. The van der Waals surface area contributed by atoms with Crippen LogP contribution in [0.2, 0.25) is 0 Å². The maximum absolute atomic E-state index is 12.2. The highest BCUT2D eigenvalue weighted by molar-refractivity contribution is 9.10. The molecule has 0 aliphatic carbocycles. The number of aliphatic hydroxyl groups excluding tert-OH is 1. The third-order valence-electron chi connectivity index (χ3n) is 3.43. The van der Waals surface area contributed by atoms with E-state index in [4.69, 9.17) is 4.74 Å². The van der Waals surface area contributed by atoms with Gasteiger partial charge in [0.15, 0.2) is 0 Å². The Bertz CT molecular complexity index is 662. The van der Waals surface area contributed by atoms with Crippen LogP contribution in [0.4, 0.5) is 0 Å². The van der Waals surface area contributed by atoms with Gasteiger partial charge in [-0.3, -0.25) is 0 Å². The molecule has 21 heavy (non-hydrogen) atoms. The van der Waals surface area contributed by atoms with Crippen LogP contribution >= 0.6 is 15.9 Å². The van der Waals surface area contributed by atoms with Crippen LogP contribution in [0.1, 0.15) is 45.9 Å². The van der Waals surface area contributed by atoms with E-state index in [0.29, 0.717) is 5.69 Å². The van der Waals surface area contributed by atoms with Gasteiger partial charge in [-0.15, -0.1) is 0 Å². The number of nitrogens with one attached hydrogen (secondary N) is 1. The molecule has 0 aliphatic rings. The van der Waals surface area contributed by atoms with E-state index >= 15 is 0 Å². The molecular weight excluding hydrogens is 334 g/mol. The molecule has 0 saturated heterocycles. The second-order valence-electron chi connectivity index (χ2n) is 5.01. The molecular formula is C16H18BrNO3. The summed E-state index contributed by atoms with van der Waals surface area (Å²) in [7, 11) is 0. The smallest absolute Gasteiger partial charge is 0.355 e. The lowest BCUT2D eigenvalue weighted by atomic mass is 10.1. The van der Waals surface area contributed by atoms with E-state index < -0.39 is 12.1 Å². The van der Waals surface area contributed by atoms with E-state index in [9.17, 15) is 9.90 Å². The van der Waals surface area contributed by atoms with Crippen LogP contribution in [0.15, 0.2) is 28.7 Å². The van der Waals surface area contributed by atoms with Gasteiger partial charge in [0.25, 0.3) is 0 Å². The number of aryl methyl sites for hydroxylation is 1. The zero-order valence-electron chi connectivity index (χ0n) is 12.2. The van der Waals surface area contributed by atoms with Gasteiger partial charge >= 0.3 is 5.97 Å². The molecule has 1 aromatic heterocycles. The molecule has 0 unspecified atom stereocenters. The van der Waals surface area contributed by atoms with Gasteiger partial charge in [-0.05, 0) is 32.4 Å². The average molecular weight is 352 g/mol. The number of ether oxygens (including phenoxy) is 1. The van der Waals surface area contributed by atoms with Crippen molar-refractivity contribution in [2.75, 3.05) is 0 Å². The van der Waals surface area contributed by atoms with Crippen LogP contribution in [-0.4, -0.2) is 16.1 Å². The van der Waals surface area contributed by atoms with Gasteiger partial charge in [0, 0.05) is 21.3 Å². The first-order valence-corrected chi connectivity index (χ1v) is 7.48. The Morgan fingerprint density at radius 1 is 1.38 bits per heavy atom. The maximum Gasteiger partial charge on any atom is 0.355 e. The van der Waals surface area contributed by atoms with Gasteiger partial charge in [-0.1, -0.05) is 34.1 Å². The number of hydrogen-bond acceptors (Lipinski definition) is 3. The van der Waals surface area contributed by atoms with E-state index in [2.05, 4.69) is 20.9 Å². The Kier molecular flexibility index (Phi) is 4.85. The van der Waals surface area contributed by atoms with Crippen LogP contribution in [-0.2, 0) is 11.3 Å². The lowest BCUT2D eigenvalue weighted by Crippen LogP contribution is -2.08. The van der Waals surface area contributed by atoms with Crippen molar-refractivity contribution in [2.45, 2.75) is 33.5 Å². The van der Waals surface area contributed by atoms with Crippen molar-refractivity contribution < 1.29 is 14.6 Å². The molecule has 1 heterocycles. The summed E-state index contributed by atoms with van der Waals surface area (Å²) in [6.07, 6.45) is -0.619. The predicted octanol–water partition coefficient (Wildman–Crippen LogP) is 3.80. The van der Waals surface area contributed by atoms with Gasteiger partial charge in [-0.25, -0.2) is 4.79 Å². The average Bonchev–Trinajstić information content (AvgIpc) is 2.73. The van der Waals surface area contributed by atoms with E-state index in [0.717, 1.165) is 26.9 Å². The topological polar surface area (TPSA) is 62.3 Å². The minimum Gasteiger partial charge on any atom is -0.456 e. The lowest BCUT2D eigenvalue weighted by Gasteiger charge is -2.07. The molecule has 0 saturated carbocycles. The SMILES string of the molecule is Cc1[nH]c(C(=O)OCc2ccccc2Br)c(C)c1[C@@H](C)O. The first-order chi connectivity index (χ1) is 9.91. The van der Waals surface area contributed by atoms with Gasteiger partial charge < -0.3 is 14.8 Å². The Balaban J connectivity index is 2.15. The van der Waals surface area contributed by atoms with Crippen LogP contribution in [0.25, 0.3) is 0 Å². The first kappa shape index (κ1) is 15.8. The van der Waals surface area contributed by atoms with Crippen LogP contribution in [0, 0.1) is 13.8 Å². The largest absolute Gasteiger partial charge is 0.456 e. The molecule has 2 N–H and O–H groups in total. The maximum atomic E-state index is 12.2. The third-order valence-corrected chi connectivity index (χ3v) is 4.21. The highest BCUT2D eigenvalue weighted by Gasteiger charge is 2.21. The molecule has 1 aromatic carbocycles. The van der Waals surface area contributed by atoms with Gasteiger partial charge in [0.05, 0.1) is 6.10 Å². The van der Waals surface area contributed by atoms with Crippen LogP contribution in [0.3, 0.4) is 0 Å². The van der Waals surface area contributed by atoms with Crippen molar-refractivity contribution in [2.24, 2.45) is 0 Å². The molecule has 4 nitrogen and oxygen atoms in total. The molecule has 112 valence electrons. The predicted molar refractivity (Wildman–Crippen MR) is 84.2 cm³/mol. The summed E-state index contributed by atoms with van der Waals surface area (Å²) in [6.45, 7) is 5.52. The second-order valence-corrected chi connectivity index (χ2v) is 5.86. The zero-order chi connectivity index (χ0) is 15.6. The van der Waals surface area contributed by atoms with E-state index in [1.165, 1.54) is 0 Å². The number of halogens is 1. The molecule has 0 aliphatic heterocycles. The number of aliphatic hydroxyl groups is 1. The van der Waals surface area contributed by atoms with Gasteiger partial charge in [-0.2, -0.15) is 0 Å². The third kappa shape index (κ3) is 3.36. The molecule has 1 atom stereocenters. The molecule has 0 fully saturated rings. The Hall–Kier alpha value is -1.59. The fraction of sp³-hybridized carbons (Fsp3) is 0.312. The number of carbonyl (C=O) groups excluding carboxylic acids is 1. The number of esters is 1. The molecule has 0 bridgehead atoms. The fourth-order valence-corrected chi connectivity index (χ4v) is 2.83. The Morgan fingerprint density at radius 3 is 2.62 bits per heavy atom. The Labute approximate surface area is 132 Å². The fourth-order valence-electron chi connectivity index (χ4n) is 2.43. The van der Waals surface area contributed by atoms with Crippen molar-refractivity contribution in [3.63, 3.8) is 0 Å². The van der Waals surface area contributed by atoms with Gasteiger partial charge in [0.2, 0.25) is 0 Å². The number of aromatic nitrogens is 1. The van der Waals surface area contributed by atoms with Crippen molar-refractivity contribution in [1.82, 2.24) is 4.98 Å². The summed E-state index contributed by atoms with van der Waals surface area (Å²) in [5, 5.41) is 9.75. The number of rotatable bonds is 4. The molecule has 0 radical (unpaired) electrons. The summed E-state index contributed by atoms with van der Waals surface area (Å²) in [5.74, 6) is -0.418. The summed E-state index contributed by atoms with van der Waals surface area (Å²) in [5.41, 5.74) is 3.58. The lowest BCUT2D eigenvalue weighted by molar-refractivity contribution is 0.0464. The summed E-state index contributed by atoms with van der Waals surface area (Å²) in [4.78, 5) is 15.2. The normalized spacial score (nSPS) is 12.2. The molecule has 2 aromatic rings. The monoisotopic (exact) mass is 351 g/mol. The van der Waals surface area contributed by atoms with Crippen molar-refractivity contribution in [3.8, 4) is 0 Å². The van der Waals surface area contributed by atoms with Crippen molar-refractivity contribution in [3.05, 3.63) is 56.8 Å². The molecule has 0 amide bonds. The minimum atomic E-state index is -0.619. The number of aromatic amines is 1. The molecule has 2 rings (SSSR count). The summed E-state index contributed by atoms with van der Waals surface area (Å²) >= 11 is 3.42. The van der Waals surface area contributed by atoms with E-state index in [1.54, 1.807) is 13.8 Å². The van der Waals surface area contributed by atoms with E-state index in [-0.39, 0.29) is 6.61 Å². The van der Waals surface area contributed by atoms with Gasteiger partial charge in [0.1, 0.15) is 12.3 Å². The first-order valence-electron chi connectivity index (χ1n) is 6.69. The Morgan fingerprint density at radius 2 is 2.05 bits per heavy atom. The number of H-pyrrole nitrogens is 1. The molecule has 0 spiro atoms. The molecule has 5 heteroatoms. The van der Waals surface area contributed by atoms with E-state index in [1.807, 2.05) is 31.2 Å². The number of hydrogen-bond donors (Lipinski definition) is 2. The standard InChI is InChI=1S/C16H18BrNO3/c1-9-14(11(3)19)10(2)18-15(9)16(20)21-8-12-6-4-5-7-13(12)17/h4-7,11,18-19H,8H2,1-3H3/t11-/m1/s1. The van der Waals surface area contributed by atoms with Crippen molar-refractivity contribution in [1.29, 1.82) is 0 Å². The van der Waals surface area contributed by atoms with Crippen LogP contribution < -0.4 is 0 Å². The zero-order valence-corrected chi connectivity index (χ0v) is 13.8. The highest BCUT2D eigenvalue weighted by atomic mass is 79.9. The quantitative estimate of drug-likeness (QED) is 0.823. The number of benzene rings is 1. The van der Waals surface area contributed by atoms with Crippen LogP contribution in [0.5, 0.6) is 0 Å². The minimum absolute atomic E-state index is 0.196. The summed E-state index contributed by atoms with van der Waals surface area (Å²) in [6, 6.07) is 7.59. The number of carbonyl (C=O) groups is 1. The van der Waals surface area contributed by atoms with Crippen molar-refractivity contribution >= 4 is 21.9 Å². The highest BCUT2D eigenvalue weighted by Crippen LogP contribution is 2.25.